The number of thiocarbonyl (C=S) groups is 1. The zero-order valence-electron chi connectivity index (χ0n) is 19.4. The average Bonchev–Trinajstić information content (AvgIpc) is 3.15. The highest BCUT2D eigenvalue weighted by atomic mass is 32.2. The zero-order valence-corrected chi connectivity index (χ0v) is 21.0. The van der Waals surface area contributed by atoms with Crippen LogP contribution in [0.5, 0.6) is 0 Å². The topological polar surface area (TPSA) is 67.8 Å². The van der Waals surface area contributed by atoms with Crippen molar-refractivity contribution in [2.75, 3.05) is 12.9 Å². The standard InChI is InChI=1S/C26H23F3N2O3S2/c1-16(17-11-13-18(14-12-17)26(27,28)29)36(2,33)31-24(35)30-25(32)34-15-23-21-9-5-3-7-19(21)20-8-4-6-10-22(20)23/h3-14,16,23H,15H2,1-2H3,(H,30,32,35). The van der Waals surface area contributed by atoms with Gasteiger partial charge in [-0.3, -0.25) is 5.32 Å². The molecule has 1 aliphatic carbocycles. The number of benzene rings is 3. The first kappa shape index (κ1) is 25.8. The Bertz CT molecular complexity index is 1380. The Labute approximate surface area is 212 Å². The Morgan fingerprint density at radius 2 is 1.56 bits per heavy atom. The molecule has 1 amide bonds. The number of ether oxygens (including phenoxy) is 1. The quantitative estimate of drug-likeness (QED) is 0.380. The van der Waals surface area contributed by atoms with Gasteiger partial charge in [0.2, 0.25) is 5.11 Å². The van der Waals surface area contributed by atoms with Crippen LogP contribution in [0.2, 0.25) is 0 Å². The maximum Gasteiger partial charge on any atom is 0.416 e. The van der Waals surface area contributed by atoms with Crippen LogP contribution in [-0.2, 0) is 20.6 Å². The molecule has 3 aromatic carbocycles. The van der Waals surface area contributed by atoms with Crippen molar-refractivity contribution in [1.29, 1.82) is 0 Å². The summed E-state index contributed by atoms with van der Waals surface area (Å²) in [6, 6.07) is 20.2. The number of nitrogens with zero attached hydrogens (tertiary/aromatic N) is 1. The van der Waals surface area contributed by atoms with Crippen molar-refractivity contribution in [3.63, 3.8) is 0 Å². The number of halogens is 3. The second kappa shape index (κ2) is 10.0. The van der Waals surface area contributed by atoms with Crippen LogP contribution in [0.1, 0.15) is 40.3 Å². The summed E-state index contributed by atoms with van der Waals surface area (Å²) in [5, 5.41) is 1.26. The predicted molar refractivity (Wildman–Crippen MR) is 137 cm³/mol. The van der Waals surface area contributed by atoms with E-state index in [4.69, 9.17) is 17.0 Å². The Morgan fingerprint density at radius 3 is 2.08 bits per heavy atom. The number of carbonyl (C=O) groups is 1. The molecule has 2 unspecified atom stereocenters. The monoisotopic (exact) mass is 532 g/mol. The largest absolute Gasteiger partial charge is 0.448 e. The molecule has 5 nitrogen and oxygen atoms in total. The summed E-state index contributed by atoms with van der Waals surface area (Å²) in [5.41, 5.74) is 3.90. The molecule has 0 saturated heterocycles. The lowest BCUT2D eigenvalue weighted by atomic mass is 9.98. The lowest BCUT2D eigenvalue weighted by Gasteiger charge is -2.16. The van der Waals surface area contributed by atoms with Crippen molar-refractivity contribution in [2.24, 2.45) is 4.36 Å². The van der Waals surface area contributed by atoms with E-state index in [1.165, 1.54) is 18.4 Å². The summed E-state index contributed by atoms with van der Waals surface area (Å²) >= 11 is 5.09. The van der Waals surface area contributed by atoms with Crippen LogP contribution in [0.3, 0.4) is 0 Å². The molecule has 188 valence electrons. The third-order valence-electron chi connectivity index (χ3n) is 6.18. The molecule has 2 atom stereocenters. The highest BCUT2D eigenvalue weighted by molar-refractivity contribution is 7.94. The van der Waals surface area contributed by atoms with Gasteiger partial charge in [0.15, 0.2) is 0 Å². The van der Waals surface area contributed by atoms with E-state index in [0.717, 1.165) is 34.4 Å². The van der Waals surface area contributed by atoms with Crippen LogP contribution in [0.15, 0.2) is 77.2 Å². The minimum atomic E-state index is -4.46. The molecule has 1 aliphatic rings. The van der Waals surface area contributed by atoms with Crippen molar-refractivity contribution in [3.8, 4) is 11.1 Å². The molecular formula is C26H23F3N2O3S2. The van der Waals surface area contributed by atoms with Gasteiger partial charge in [-0.1, -0.05) is 60.7 Å². The van der Waals surface area contributed by atoms with Gasteiger partial charge in [-0.25, -0.2) is 9.00 Å². The highest BCUT2D eigenvalue weighted by Gasteiger charge is 2.31. The minimum absolute atomic E-state index is 0.0753. The molecule has 4 rings (SSSR count). The summed E-state index contributed by atoms with van der Waals surface area (Å²) in [4.78, 5) is 12.4. The molecule has 0 saturated carbocycles. The lowest BCUT2D eigenvalue weighted by Crippen LogP contribution is -2.30. The van der Waals surface area contributed by atoms with E-state index in [1.54, 1.807) is 6.92 Å². The Morgan fingerprint density at radius 1 is 1.03 bits per heavy atom. The van der Waals surface area contributed by atoms with E-state index in [2.05, 4.69) is 9.68 Å². The third kappa shape index (κ3) is 5.44. The lowest BCUT2D eigenvalue weighted by molar-refractivity contribution is -0.137. The summed E-state index contributed by atoms with van der Waals surface area (Å²) < 4.78 is 61.0. The number of fused-ring (bicyclic) bond motifs is 3. The number of amides is 1. The molecule has 0 heterocycles. The van der Waals surface area contributed by atoms with Gasteiger partial charge in [-0.2, -0.15) is 17.5 Å². The van der Waals surface area contributed by atoms with E-state index in [9.17, 15) is 22.2 Å². The fraction of sp³-hybridized carbons (Fsp3) is 0.231. The van der Waals surface area contributed by atoms with Gasteiger partial charge in [0.1, 0.15) is 6.61 Å². The number of nitrogens with one attached hydrogen (secondary N) is 1. The first-order valence-corrected chi connectivity index (χ1v) is 13.4. The SMILES string of the molecule is CC(c1ccc(C(F)(F)F)cc1)S(C)(=O)=NC(=S)NC(=O)OCC1c2ccccc2-c2ccccc21. The number of carbonyl (C=O) groups excluding carboxylic acids is 1. The van der Waals surface area contributed by atoms with Gasteiger partial charge in [0.05, 0.1) is 20.5 Å². The predicted octanol–water partition coefficient (Wildman–Crippen LogP) is 6.69. The van der Waals surface area contributed by atoms with Gasteiger partial charge >= 0.3 is 12.3 Å². The third-order valence-corrected chi connectivity index (χ3v) is 8.62. The maximum atomic E-state index is 13.1. The molecular weight excluding hydrogens is 509 g/mol. The summed E-state index contributed by atoms with van der Waals surface area (Å²) in [7, 11) is -3.03. The second-order valence-corrected chi connectivity index (χ2v) is 11.5. The molecule has 0 radical (unpaired) electrons. The smallest absolute Gasteiger partial charge is 0.416 e. The van der Waals surface area contributed by atoms with Crippen LogP contribution in [0, 0.1) is 0 Å². The number of alkyl carbamates (subject to hydrolysis) is 1. The van der Waals surface area contributed by atoms with E-state index in [-0.39, 0.29) is 17.6 Å². The number of rotatable bonds is 4. The molecule has 10 heteroatoms. The average molecular weight is 533 g/mol. The molecule has 0 aromatic heterocycles. The molecule has 0 spiro atoms. The number of hydrogen-bond donors (Lipinski definition) is 1. The van der Waals surface area contributed by atoms with Crippen LogP contribution in [0.25, 0.3) is 11.1 Å². The number of alkyl halides is 3. The molecule has 1 N–H and O–H groups in total. The van der Waals surface area contributed by atoms with Crippen molar-refractivity contribution in [2.45, 2.75) is 24.3 Å². The van der Waals surface area contributed by atoms with Gasteiger partial charge in [0, 0.05) is 12.2 Å². The van der Waals surface area contributed by atoms with Crippen LogP contribution < -0.4 is 5.32 Å². The Balaban J connectivity index is 1.40. The first-order valence-electron chi connectivity index (χ1n) is 11.0. The molecule has 0 fully saturated rings. The van der Waals surface area contributed by atoms with Crippen LogP contribution in [0.4, 0.5) is 18.0 Å². The van der Waals surface area contributed by atoms with Crippen molar-refractivity contribution in [3.05, 3.63) is 95.1 Å². The van der Waals surface area contributed by atoms with E-state index >= 15 is 0 Å². The first-order chi connectivity index (χ1) is 17.0. The maximum absolute atomic E-state index is 13.1. The normalized spacial score (nSPS) is 15.2. The summed E-state index contributed by atoms with van der Waals surface area (Å²) in [5.74, 6) is -0.135. The van der Waals surface area contributed by atoms with E-state index in [0.29, 0.717) is 5.56 Å². The molecule has 3 aromatic rings. The van der Waals surface area contributed by atoms with Crippen molar-refractivity contribution >= 4 is 33.2 Å². The zero-order chi connectivity index (χ0) is 26.1. The summed E-state index contributed by atoms with van der Waals surface area (Å²) in [6.07, 6.45) is -3.96. The van der Waals surface area contributed by atoms with Crippen LogP contribution >= 0.6 is 12.2 Å². The second-order valence-electron chi connectivity index (χ2n) is 8.47. The van der Waals surface area contributed by atoms with Gasteiger partial charge in [-0.05, 0) is 59.1 Å². The number of hydrogen-bond acceptors (Lipinski definition) is 4. The van der Waals surface area contributed by atoms with Gasteiger partial charge in [0.25, 0.3) is 0 Å². The minimum Gasteiger partial charge on any atom is -0.448 e. The highest BCUT2D eigenvalue weighted by Crippen LogP contribution is 2.44. The Kier molecular flexibility index (Phi) is 7.19. The molecule has 0 bridgehead atoms. The Hall–Kier alpha value is -3.24. The van der Waals surface area contributed by atoms with E-state index < -0.39 is 32.8 Å². The van der Waals surface area contributed by atoms with Gasteiger partial charge in [-0.15, -0.1) is 0 Å². The summed E-state index contributed by atoms with van der Waals surface area (Å²) in [6.45, 7) is 1.65. The van der Waals surface area contributed by atoms with Crippen LogP contribution in [-0.4, -0.2) is 28.3 Å². The van der Waals surface area contributed by atoms with Crippen molar-refractivity contribution in [1.82, 2.24) is 5.32 Å². The molecule has 36 heavy (non-hydrogen) atoms. The fourth-order valence-corrected chi connectivity index (χ4v) is 5.91. The fourth-order valence-electron chi connectivity index (χ4n) is 4.18. The van der Waals surface area contributed by atoms with E-state index in [1.807, 2.05) is 48.5 Å². The molecule has 0 aliphatic heterocycles. The van der Waals surface area contributed by atoms with Crippen molar-refractivity contribution < 1.29 is 26.9 Å². The van der Waals surface area contributed by atoms with Gasteiger partial charge < -0.3 is 4.74 Å².